The van der Waals surface area contributed by atoms with Crippen LogP contribution in [-0.4, -0.2) is 12.0 Å². The number of nitrogens with two attached hydrogens (primary N) is 1. The Labute approximate surface area is 123 Å². The van der Waals surface area contributed by atoms with Gasteiger partial charge in [-0.05, 0) is 24.1 Å². The first-order chi connectivity index (χ1) is 10.0. The average Bonchev–Trinajstić information content (AvgIpc) is 2.49. The maximum absolute atomic E-state index is 11.0. The fourth-order valence-electron chi connectivity index (χ4n) is 2.14. The van der Waals surface area contributed by atoms with Gasteiger partial charge in [-0.15, -0.1) is 0 Å². The minimum absolute atomic E-state index is 0.0112. The molecule has 110 valence electrons. The van der Waals surface area contributed by atoms with E-state index in [2.05, 4.69) is 5.43 Å². The van der Waals surface area contributed by atoms with Crippen molar-refractivity contribution in [2.45, 2.75) is 13.5 Å². The largest absolute Gasteiger partial charge is 0.370 e. The number of hydrogen-bond acceptors (Lipinski definition) is 5. The molecule has 2 rings (SSSR count). The standard InChI is InChI=1S/C15H18N4O2/c1-11-5-3-4-6-12(11)10-18(2)14-7-13(17-16)8-15(9-14)19(20)21/h3-9,17H,10,16H2,1-2H3. The molecule has 6 heteroatoms. The van der Waals surface area contributed by atoms with Crippen LogP contribution in [0.25, 0.3) is 0 Å². The highest BCUT2D eigenvalue weighted by molar-refractivity contribution is 5.64. The minimum Gasteiger partial charge on any atom is -0.370 e. The summed E-state index contributed by atoms with van der Waals surface area (Å²) in [5.41, 5.74) is 6.08. The first kappa shape index (κ1) is 14.8. The summed E-state index contributed by atoms with van der Waals surface area (Å²) in [6.07, 6.45) is 0. The predicted molar refractivity (Wildman–Crippen MR) is 84.2 cm³/mol. The van der Waals surface area contributed by atoms with E-state index in [9.17, 15) is 10.1 Å². The second-order valence-electron chi connectivity index (χ2n) is 4.92. The van der Waals surface area contributed by atoms with Gasteiger partial charge in [0.2, 0.25) is 0 Å². The van der Waals surface area contributed by atoms with Gasteiger partial charge in [0.25, 0.3) is 5.69 Å². The molecule has 0 aromatic heterocycles. The van der Waals surface area contributed by atoms with Crippen LogP contribution < -0.4 is 16.2 Å². The molecule has 0 aliphatic carbocycles. The van der Waals surface area contributed by atoms with Crippen molar-refractivity contribution in [1.29, 1.82) is 0 Å². The molecular formula is C15H18N4O2. The Morgan fingerprint density at radius 3 is 2.62 bits per heavy atom. The monoisotopic (exact) mass is 286 g/mol. The number of nitrogen functional groups attached to an aromatic ring is 1. The van der Waals surface area contributed by atoms with Crippen LogP contribution in [0.4, 0.5) is 17.1 Å². The summed E-state index contributed by atoms with van der Waals surface area (Å²) in [6.45, 7) is 2.71. The fraction of sp³-hybridized carbons (Fsp3) is 0.200. The van der Waals surface area contributed by atoms with E-state index in [1.807, 2.05) is 43.1 Å². The maximum atomic E-state index is 11.0. The second kappa shape index (κ2) is 6.23. The van der Waals surface area contributed by atoms with Gasteiger partial charge in [0.15, 0.2) is 0 Å². The van der Waals surface area contributed by atoms with Gasteiger partial charge in [-0.3, -0.25) is 16.0 Å². The van der Waals surface area contributed by atoms with Crippen molar-refractivity contribution >= 4 is 17.1 Å². The third-order valence-corrected chi connectivity index (χ3v) is 3.39. The van der Waals surface area contributed by atoms with Crippen molar-refractivity contribution in [2.24, 2.45) is 5.84 Å². The smallest absolute Gasteiger partial charge is 0.273 e. The van der Waals surface area contributed by atoms with E-state index in [-0.39, 0.29) is 5.69 Å². The van der Waals surface area contributed by atoms with Crippen LogP contribution in [0.3, 0.4) is 0 Å². The Morgan fingerprint density at radius 1 is 1.29 bits per heavy atom. The molecule has 0 radical (unpaired) electrons. The summed E-state index contributed by atoms with van der Waals surface area (Å²) in [4.78, 5) is 12.5. The number of aryl methyl sites for hydroxylation is 1. The molecule has 0 heterocycles. The Bertz CT molecular complexity index is 658. The minimum atomic E-state index is -0.425. The van der Waals surface area contributed by atoms with Crippen LogP contribution in [0.5, 0.6) is 0 Å². The van der Waals surface area contributed by atoms with Crippen LogP contribution in [-0.2, 0) is 6.54 Å². The van der Waals surface area contributed by atoms with Gasteiger partial charge >= 0.3 is 0 Å². The van der Waals surface area contributed by atoms with E-state index in [0.29, 0.717) is 12.2 Å². The highest BCUT2D eigenvalue weighted by atomic mass is 16.6. The summed E-state index contributed by atoms with van der Waals surface area (Å²) >= 11 is 0. The van der Waals surface area contributed by atoms with Crippen molar-refractivity contribution in [3.05, 3.63) is 63.7 Å². The van der Waals surface area contributed by atoms with Gasteiger partial charge in [0.05, 0.1) is 10.6 Å². The molecule has 0 aliphatic rings. The van der Waals surface area contributed by atoms with Gasteiger partial charge in [-0.25, -0.2) is 0 Å². The van der Waals surface area contributed by atoms with Crippen LogP contribution in [0, 0.1) is 17.0 Å². The molecule has 0 bridgehead atoms. The number of nitro benzene ring substituents is 1. The number of anilines is 2. The number of nitrogens with one attached hydrogen (secondary N) is 1. The molecule has 0 spiro atoms. The van der Waals surface area contributed by atoms with Gasteiger partial charge in [0.1, 0.15) is 0 Å². The van der Waals surface area contributed by atoms with E-state index >= 15 is 0 Å². The zero-order valence-corrected chi connectivity index (χ0v) is 12.0. The van der Waals surface area contributed by atoms with E-state index in [1.165, 1.54) is 17.2 Å². The Balaban J connectivity index is 2.30. The topological polar surface area (TPSA) is 84.4 Å². The van der Waals surface area contributed by atoms with Crippen molar-refractivity contribution in [3.63, 3.8) is 0 Å². The number of nitro groups is 1. The lowest BCUT2D eigenvalue weighted by Crippen LogP contribution is -2.18. The summed E-state index contributed by atoms with van der Waals surface area (Å²) in [5.74, 6) is 5.37. The number of benzene rings is 2. The Kier molecular flexibility index (Phi) is 4.39. The van der Waals surface area contributed by atoms with Gasteiger partial charge in [-0.1, -0.05) is 24.3 Å². The highest BCUT2D eigenvalue weighted by Crippen LogP contribution is 2.27. The molecule has 0 amide bonds. The Morgan fingerprint density at radius 2 is 2.00 bits per heavy atom. The van der Waals surface area contributed by atoms with Crippen molar-refractivity contribution in [3.8, 4) is 0 Å². The molecule has 2 aromatic rings. The lowest BCUT2D eigenvalue weighted by Gasteiger charge is -2.21. The number of hydrazine groups is 1. The molecule has 0 fully saturated rings. The molecule has 0 saturated carbocycles. The molecule has 21 heavy (non-hydrogen) atoms. The molecule has 6 nitrogen and oxygen atoms in total. The molecule has 0 saturated heterocycles. The van der Waals surface area contributed by atoms with E-state index in [4.69, 9.17) is 5.84 Å². The third kappa shape index (κ3) is 3.49. The quantitative estimate of drug-likeness (QED) is 0.501. The Hall–Kier alpha value is -2.60. The van der Waals surface area contributed by atoms with Crippen molar-refractivity contribution in [2.75, 3.05) is 17.4 Å². The summed E-state index contributed by atoms with van der Waals surface area (Å²) in [6, 6.07) is 12.8. The van der Waals surface area contributed by atoms with Gasteiger partial charge < -0.3 is 10.3 Å². The lowest BCUT2D eigenvalue weighted by molar-refractivity contribution is -0.384. The number of non-ortho nitro benzene ring substituents is 1. The molecule has 0 atom stereocenters. The SMILES string of the molecule is Cc1ccccc1CN(C)c1cc(NN)cc([N+](=O)[O-])c1. The molecule has 0 unspecified atom stereocenters. The fourth-order valence-corrected chi connectivity index (χ4v) is 2.14. The van der Waals surface area contributed by atoms with Crippen LogP contribution in [0.15, 0.2) is 42.5 Å². The highest BCUT2D eigenvalue weighted by Gasteiger charge is 2.12. The van der Waals surface area contributed by atoms with Crippen molar-refractivity contribution in [1.82, 2.24) is 0 Å². The second-order valence-corrected chi connectivity index (χ2v) is 4.92. The molecule has 3 N–H and O–H groups in total. The van der Waals surface area contributed by atoms with Crippen LogP contribution in [0.2, 0.25) is 0 Å². The zero-order valence-electron chi connectivity index (χ0n) is 12.0. The van der Waals surface area contributed by atoms with E-state index in [0.717, 1.165) is 5.69 Å². The normalized spacial score (nSPS) is 10.2. The van der Waals surface area contributed by atoms with Crippen LogP contribution in [0.1, 0.15) is 11.1 Å². The molecular weight excluding hydrogens is 268 g/mol. The first-order valence-corrected chi connectivity index (χ1v) is 6.53. The number of nitrogens with zero attached hydrogens (tertiary/aromatic N) is 2. The number of rotatable bonds is 5. The third-order valence-electron chi connectivity index (χ3n) is 3.39. The van der Waals surface area contributed by atoms with Crippen LogP contribution >= 0.6 is 0 Å². The molecule has 2 aromatic carbocycles. The van der Waals surface area contributed by atoms with Gasteiger partial charge in [-0.2, -0.15) is 0 Å². The lowest BCUT2D eigenvalue weighted by atomic mass is 10.1. The summed E-state index contributed by atoms with van der Waals surface area (Å²) in [7, 11) is 1.89. The van der Waals surface area contributed by atoms with Crippen molar-refractivity contribution < 1.29 is 4.92 Å². The summed E-state index contributed by atoms with van der Waals surface area (Å²) < 4.78 is 0. The predicted octanol–water partition coefficient (Wildman–Crippen LogP) is 2.83. The van der Waals surface area contributed by atoms with E-state index in [1.54, 1.807) is 12.1 Å². The van der Waals surface area contributed by atoms with E-state index < -0.39 is 4.92 Å². The number of hydrogen-bond donors (Lipinski definition) is 2. The average molecular weight is 286 g/mol. The zero-order chi connectivity index (χ0) is 15.4. The first-order valence-electron chi connectivity index (χ1n) is 6.53. The maximum Gasteiger partial charge on any atom is 0.273 e. The summed E-state index contributed by atoms with van der Waals surface area (Å²) in [5, 5.41) is 11.0. The molecule has 0 aliphatic heterocycles. The van der Waals surface area contributed by atoms with Gasteiger partial charge in [0, 0.05) is 31.4 Å².